The molecule has 0 bridgehead atoms. The van der Waals surface area contributed by atoms with E-state index in [4.69, 9.17) is 0 Å². The van der Waals surface area contributed by atoms with Crippen molar-refractivity contribution in [1.29, 1.82) is 0 Å². The lowest BCUT2D eigenvalue weighted by Crippen LogP contribution is -2.12. The van der Waals surface area contributed by atoms with Gasteiger partial charge in [0.1, 0.15) is 21.1 Å². The summed E-state index contributed by atoms with van der Waals surface area (Å²) in [5, 5.41) is 2.33. The fourth-order valence-electron chi connectivity index (χ4n) is 5.31. The summed E-state index contributed by atoms with van der Waals surface area (Å²) >= 11 is 3.96. The van der Waals surface area contributed by atoms with Crippen molar-refractivity contribution in [1.82, 2.24) is 9.97 Å². The van der Waals surface area contributed by atoms with E-state index in [1.807, 2.05) is 12.1 Å². The Balaban J connectivity index is 1.09. The number of carbonyl (C=O) groups excluding carboxylic acids is 2. The first-order valence-corrected chi connectivity index (χ1v) is 17.5. The predicted octanol–water partition coefficient (Wildman–Crippen LogP) is 11.4. The van der Waals surface area contributed by atoms with E-state index in [-0.39, 0.29) is 9.75 Å². The number of fused-ring (bicyclic) bond motifs is 3. The number of ketones is 2. The predicted molar refractivity (Wildman–Crippen MR) is 176 cm³/mol. The minimum absolute atomic E-state index is 0.274. The lowest BCUT2D eigenvalue weighted by molar-refractivity contribution is 0.102. The summed E-state index contributed by atoms with van der Waals surface area (Å²) in [4.78, 5) is 35.1. The Kier molecular flexibility index (Phi) is 8.05. The third-order valence-electron chi connectivity index (χ3n) is 7.81. The number of thiazole rings is 2. The molecule has 0 saturated carbocycles. The Labute approximate surface area is 297 Å². The van der Waals surface area contributed by atoms with Gasteiger partial charge in [0.15, 0.2) is 46.5 Å². The molecule has 0 aliphatic heterocycles. The van der Waals surface area contributed by atoms with Crippen molar-refractivity contribution in [2.24, 2.45) is 0 Å². The van der Waals surface area contributed by atoms with E-state index >= 15 is 0 Å². The molecular formula is C34H8F10N2O2S4. The zero-order valence-corrected chi connectivity index (χ0v) is 28.0. The quantitative estimate of drug-likeness (QED) is 0.0728. The lowest BCUT2D eigenvalue weighted by atomic mass is 10.1. The van der Waals surface area contributed by atoms with Crippen molar-refractivity contribution < 1.29 is 53.5 Å². The molecule has 52 heavy (non-hydrogen) atoms. The van der Waals surface area contributed by atoms with Crippen LogP contribution in [0.25, 0.3) is 51.0 Å². The van der Waals surface area contributed by atoms with Crippen LogP contribution >= 0.6 is 45.3 Å². The number of carbonyl (C=O) groups is 2. The highest BCUT2D eigenvalue weighted by molar-refractivity contribution is 7.27. The van der Waals surface area contributed by atoms with Crippen LogP contribution in [0.4, 0.5) is 43.9 Å². The first kappa shape index (κ1) is 34.1. The van der Waals surface area contributed by atoms with Gasteiger partial charge in [0.2, 0.25) is 23.2 Å². The van der Waals surface area contributed by atoms with Crippen LogP contribution in [0.15, 0.2) is 48.5 Å². The van der Waals surface area contributed by atoms with Gasteiger partial charge in [-0.1, -0.05) is 0 Å². The molecule has 18 heteroatoms. The molecule has 0 atom stereocenters. The van der Waals surface area contributed by atoms with Gasteiger partial charge in [-0.05, 0) is 59.3 Å². The molecule has 0 N–H and O–H groups in total. The van der Waals surface area contributed by atoms with Crippen LogP contribution in [-0.2, 0) is 0 Å². The van der Waals surface area contributed by atoms with Gasteiger partial charge in [-0.15, -0.1) is 45.3 Å². The van der Waals surface area contributed by atoms with Gasteiger partial charge in [-0.3, -0.25) is 9.59 Å². The van der Waals surface area contributed by atoms with Crippen molar-refractivity contribution >= 4 is 88.1 Å². The SMILES string of the molecule is O=C(c1ccc(-c2nc3cc4cc5sc(-c6ccc(C(=O)c7c(F)c(F)c(F)c(F)c7F)s6)nc5cc4cc3s2)s1)c1c(F)c(F)c(F)c(F)c1F. The number of aromatic nitrogens is 2. The van der Waals surface area contributed by atoms with Crippen LogP contribution in [-0.4, -0.2) is 21.5 Å². The van der Waals surface area contributed by atoms with Crippen LogP contribution in [0.3, 0.4) is 0 Å². The average Bonchev–Trinajstić information content (AvgIpc) is 3.95. The van der Waals surface area contributed by atoms with Gasteiger partial charge in [0, 0.05) is 0 Å². The van der Waals surface area contributed by atoms with E-state index in [1.165, 1.54) is 46.9 Å². The van der Waals surface area contributed by atoms with Gasteiger partial charge in [0.05, 0.1) is 39.9 Å². The fourth-order valence-corrected chi connectivity index (χ4v) is 9.32. The van der Waals surface area contributed by atoms with Crippen LogP contribution in [0, 0.1) is 58.2 Å². The Morgan fingerprint density at radius 1 is 0.423 bits per heavy atom. The third-order valence-corrected chi connectivity index (χ3v) is 12.4. The zero-order chi connectivity index (χ0) is 36.9. The lowest BCUT2D eigenvalue weighted by Gasteiger charge is -2.06. The molecule has 0 fully saturated rings. The Morgan fingerprint density at radius 3 is 1.10 bits per heavy atom. The van der Waals surface area contributed by atoms with Crippen molar-refractivity contribution in [3.05, 3.63) is 128 Å². The number of halogens is 10. The molecule has 4 nitrogen and oxygen atoms in total. The molecule has 4 heterocycles. The van der Waals surface area contributed by atoms with Crippen LogP contribution in [0.2, 0.25) is 0 Å². The first-order valence-electron chi connectivity index (χ1n) is 14.2. The Hall–Kier alpha value is -5.04. The highest BCUT2D eigenvalue weighted by Crippen LogP contribution is 2.41. The maximum Gasteiger partial charge on any atom is 0.209 e. The number of nitrogens with zero attached hydrogens (tertiary/aromatic N) is 2. The van der Waals surface area contributed by atoms with Gasteiger partial charge >= 0.3 is 0 Å². The summed E-state index contributed by atoms with van der Waals surface area (Å²) < 4.78 is 140. The normalized spacial score (nSPS) is 11.8. The van der Waals surface area contributed by atoms with E-state index in [0.717, 1.165) is 33.4 Å². The number of rotatable bonds is 6. The summed E-state index contributed by atoms with van der Waals surface area (Å²) in [6.45, 7) is 0. The molecule has 8 rings (SSSR count). The molecule has 8 aromatic rings. The standard InChI is InChI=1S/C34H8F10N2O2S4/c35-21-19(22(36)26(40)29(43)25(21)39)31(47)13-1-3-15(49-13)33-45-11-5-9-8-18-12(6-10(9)7-17(11)51-33)46-34(52-18)16-4-2-14(50-16)32(48)20-23(37)27(41)30(44)28(42)24(20)38/h1-8H. The molecule has 0 radical (unpaired) electrons. The monoisotopic (exact) mass is 794 g/mol. The molecule has 0 spiro atoms. The topological polar surface area (TPSA) is 59.9 Å². The average molecular weight is 795 g/mol. The van der Waals surface area contributed by atoms with Crippen molar-refractivity contribution in [2.75, 3.05) is 0 Å². The van der Waals surface area contributed by atoms with Crippen LogP contribution in [0.5, 0.6) is 0 Å². The minimum atomic E-state index is -2.37. The summed E-state index contributed by atoms with van der Waals surface area (Å²) in [6, 6.07) is 12.5. The smallest absolute Gasteiger partial charge is 0.209 e. The molecule has 0 aliphatic carbocycles. The summed E-state index contributed by atoms with van der Waals surface area (Å²) in [6.07, 6.45) is 0. The number of hydrogen-bond acceptors (Lipinski definition) is 8. The highest BCUT2D eigenvalue weighted by Gasteiger charge is 2.32. The molecule has 260 valence electrons. The maximum absolute atomic E-state index is 14.3. The number of benzene rings is 4. The van der Waals surface area contributed by atoms with E-state index in [2.05, 4.69) is 9.97 Å². The summed E-state index contributed by atoms with van der Waals surface area (Å²) in [5.74, 6) is -25.3. The molecule has 4 aromatic heterocycles. The molecule has 4 aromatic carbocycles. The Morgan fingerprint density at radius 2 is 0.750 bits per heavy atom. The van der Waals surface area contributed by atoms with E-state index < -0.39 is 80.9 Å². The van der Waals surface area contributed by atoms with Gasteiger partial charge < -0.3 is 0 Å². The van der Waals surface area contributed by atoms with Gasteiger partial charge in [-0.2, -0.15) is 0 Å². The largest absolute Gasteiger partial charge is 0.287 e. The van der Waals surface area contributed by atoms with E-state index in [0.29, 0.717) is 40.2 Å². The second kappa shape index (κ2) is 12.3. The fraction of sp³-hybridized carbons (Fsp3) is 0. The zero-order valence-electron chi connectivity index (χ0n) is 24.7. The second-order valence-corrected chi connectivity index (χ2v) is 15.1. The summed E-state index contributed by atoms with van der Waals surface area (Å²) in [7, 11) is 0. The minimum Gasteiger partial charge on any atom is -0.287 e. The van der Waals surface area contributed by atoms with E-state index in [1.54, 1.807) is 12.1 Å². The molecular weight excluding hydrogens is 787 g/mol. The van der Waals surface area contributed by atoms with Crippen LogP contribution < -0.4 is 0 Å². The highest BCUT2D eigenvalue weighted by atomic mass is 32.1. The maximum atomic E-state index is 14.3. The number of thiophene rings is 2. The first-order chi connectivity index (χ1) is 24.7. The molecule has 0 amide bonds. The van der Waals surface area contributed by atoms with Crippen molar-refractivity contribution in [3.8, 4) is 19.8 Å². The van der Waals surface area contributed by atoms with Crippen molar-refractivity contribution in [3.63, 3.8) is 0 Å². The number of hydrogen-bond donors (Lipinski definition) is 0. The Bertz CT molecular complexity index is 2560. The molecule has 0 unspecified atom stereocenters. The van der Waals surface area contributed by atoms with Crippen molar-refractivity contribution in [2.45, 2.75) is 0 Å². The third kappa shape index (κ3) is 5.22. The van der Waals surface area contributed by atoms with E-state index in [9.17, 15) is 53.5 Å². The van der Waals surface area contributed by atoms with Gasteiger partial charge in [-0.25, -0.2) is 53.9 Å². The second-order valence-electron chi connectivity index (χ2n) is 10.9. The van der Waals surface area contributed by atoms with Crippen LogP contribution in [0.1, 0.15) is 30.5 Å². The van der Waals surface area contributed by atoms with Gasteiger partial charge in [0.25, 0.3) is 0 Å². The summed E-state index contributed by atoms with van der Waals surface area (Å²) in [5.41, 5.74) is -2.03. The molecule has 0 saturated heterocycles. The molecule has 0 aliphatic rings.